The molecule has 1 rings (SSSR count). The molecular formula is C12H17Cl2N. The van der Waals surface area contributed by atoms with Crippen LogP contribution in [-0.2, 0) is 6.54 Å². The van der Waals surface area contributed by atoms with Gasteiger partial charge in [-0.3, -0.25) is 0 Å². The lowest BCUT2D eigenvalue weighted by atomic mass is 10.1. The molecule has 0 aliphatic rings. The lowest BCUT2D eigenvalue weighted by molar-refractivity contribution is 0.484. The number of benzene rings is 1. The Kier molecular flexibility index (Phi) is 5.44. The van der Waals surface area contributed by atoms with Crippen molar-refractivity contribution in [2.24, 2.45) is 0 Å². The van der Waals surface area contributed by atoms with Gasteiger partial charge in [0.15, 0.2) is 0 Å². The van der Waals surface area contributed by atoms with Gasteiger partial charge in [-0.05, 0) is 30.5 Å². The maximum atomic E-state index is 6.07. The normalized spacial score (nSPS) is 11.0. The molecule has 0 atom stereocenters. The van der Waals surface area contributed by atoms with Crippen molar-refractivity contribution in [3.05, 3.63) is 33.8 Å². The number of nitrogens with one attached hydrogen (secondary N) is 1. The molecule has 0 unspecified atom stereocenters. The Balaban J connectivity index is 2.57. The molecule has 1 aromatic rings. The van der Waals surface area contributed by atoms with E-state index in [4.69, 9.17) is 23.2 Å². The molecule has 1 nitrogen and oxygen atoms in total. The molecule has 1 N–H and O–H groups in total. The standard InChI is InChI=1S/C12H17Cl2N/c1-3-11(4-2)15-8-9-5-6-10(13)7-12(9)14/h5-7,11,15H,3-4,8H2,1-2H3. The van der Waals surface area contributed by atoms with Gasteiger partial charge in [0, 0.05) is 22.6 Å². The summed E-state index contributed by atoms with van der Waals surface area (Å²) >= 11 is 11.9. The molecule has 0 saturated heterocycles. The fraction of sp³-hybridized carbons (Fsp3) is 0.500. The average molecular weight is 246 g/mol. The molecule has 0 heterocycles. The van der Waals surface area contributed by atoms with Crippen molar-refractivity contribution < 1.29 is 0 Å². The molecule has 84 valence electrons. The van der Waals surface area contributed by atoms with Crippen molar-refractivity contribution in [1.29, 1.82) is 0 Å². The Morgan fingerprint density at radius 2 is 1.87 bits per heavy atom. The second kappa shape index (κ2) is 6.37. The summed E-state index contributed by atoms with van der Waals surface area (Å²) in [4.78, 5) is 0. The molecule has 1 aromatic carbocycles. The smallest absolute Gasteiger partial charge is 0.0465 e. The van der Waals surface area contributed by atoms with Crippen LogP contribution in [0.2, 0.25) is 10.0 Å². The highest BCUT2D eigenvalue weighted by atomic mass is 35.5. The minimum Gasteiger partial charge on any atom is -0.310 e. The summed E-state index contributed by atoms with van der Waals surface area (Å²) in [6.07, 6.45) is 2.28. The van der Waals surface area contributed by atoms with E-state index in [0.29, 0.717) is 11.1 Å². The minimum absolute atomic E-state index is 0.566. The third-order valence-corrected chi connectivity index (χ3v) is 3.17. The lowest BCUT2D eigenvalue weighted by Crippen LogP contribution is -2.27. The monoisotopic (exact) mass is 245 g/mol. The van der Waals surface area contributed by atoms with Gasteiger partial charge < -0.3 is 5.32 Å². The van der Waals surface area contributed by atoms with Crippen molar-refractivity contribution in [3.63, 3.8) is 0 Å². The highest BCUT2D eigenvalue weighted by Crippen LogP contribution is 2.20. The van der Waals surface area contributed by atoms with Crippen molar-refractivity contribution in [2.45, 2.75) is 39.3 Å². The van der Waals surface area contributed by atoms with Crippen LogP contribution < -0.4 is 5.32 Å². The molecule has 0 aromatic heterocycles. The van der Waals surface area contributed by atoms with E-state index in [9.17, 15) is 0 Å². The topological polar surface area (TPSA) is 12.0 Å². The van der Waals surface area contributed by atoms with E-state index in [2.05, 4.69) is 19.2 Å². The molecule has 3 heteroatoms. The average Bonchev–Trinajstić information content (AvgIpc) is 2.22. The number of hydrogen-bond donors (Lipinski definition) is 1. The molecule has 0 aliphatic heterocycles. The zero-order valence-electron chi connectivity index (χ0n) is 9.19. The zero-order valence-corrected chi connectivity index (χ0v) is 10.7. The minimum atomic E-state index is 0.566. The van der Waals surface area contributed by atoms with E-state index in [1.165, 1.54) is 0 Å². The zero-order chi connectivity index (χ0) is 11.3. The first-order valence-corrected chi connectivity index (χ1v) is 6.10. The first-order chi connectivity index (χ1) is 7.17. The number of rotatable bonds is 5. The van der Waals surface area contributed by atoms with Crippen LogP contribution in [0.15, 0.2) is 18.2 Å². The summed E-state index contributed by atoms with van der Waals surface area (Å²) in [6, 6.07) is 6.20. The van der Waals surface area contributed by atoms with Gasteiger partial charge in [-0.2, -0.15) is 0 Å². The Morgan fingerprint density at radius 1 is 1.20 bits per heavy atom. The number of halogens is 2. The van der Waals surface area contributed by atoms with Crippen molar-refractivity contribution >= 4 is 23.2 Å². The van der Waals surface area contributed by atoms with E-state index >= 15 is 0 Å². The molecular weight excluding hydrogens is 229 g/mol. The molecule has 0 radical (unpaired) electrons. The van der Waals surface area contributed by atoms with E-state index in [1.54, 1.807) is 6.07 Å². The van der Waals surface area contributed by atoms with Crippen LogP contribution in [0.1, 0.15) is 32.3 Å². The van der Waals surface area contributed by atoms with E-state index in [-0.39, 0.29) is 0 Å². The van der Waals surface area contributed by atoms with E-state index < -0.39 is 0 Å². The summed E-state index contributed by atoms with van der Waals surface area (Å²) in [5.74, 6) is 0. The van der Waals surface area contributed by atoms with Gasteiger partial charge in [-0.25, -0.2) is 0 Å². The molecule has 0 bridgehead atoms. The summed E-state index contributed by atoms with van der Waals surface area (Å²) in [6.45, 7) is 5.18. The van der Waals surface area contributed by atoms with E-state index in [1.807, 2.05) is 12.1 Å². The Labute approximate surface area is 102 Å². The summed E-state index contributed by atoms with van der Waals surface area (Å²) < 4.78 is 0. The summed E-state index contributed by atoms with van der Waals surface area (Å²) in [5, 5.41) is 4.89. The van der Waals surface area contributed by atoms with E-state index in [0.717, 1.165) is 30.0 Å². The second-order valence-electron chi connectivity index (χ2n) is 3.63. The van der Waals surface area contributed by atoms with Crippen molar-refractivity contribution in [3.8, 4) is 0 Å². The Bertz CT molecular complexity index is 308. The SMILES string of the molecule is CCC(CC)NCc1ccc(Cl)cc1Cl. The van der Waals surface area contributed by atoms with Gasteiger partial charge in [-0.15, -0.1) is 0 Å². The van der Waals surface area contributed by atoms with Crippen LogP contribution in [0.4, 0.5) is 0 Å². The largest absolute Gasteiger partial charge is 0.310 e. The van der Waals surface area contributed by atoms with Crippen LogP contribution in [0.3, 0.4) is 0 Å². The van der Waals surface area contributed by atoms with Gasteiger partial charge in [0.1, 0.15) is 0 Å². The Morgan fingerprint density at radius 3 is 2.40 bits per heavy atom. The molecule has 0 aliphatic carbocycles. The number of hydrogen-bond acceptors (Lipinski definition) is 1. The van der Waals surface area contributed by atoms with Crippen LogP contribution in [0.25, 0.3) is 0 Å². The fourth-order valence-corrected chi connectivity index (χ4v) is 1.97. The second-order valence-corrected chi connectivity index (χ2v) is 4.47. The van der Waals surface area contributed by atoms with Gasteiger partial charge in [0.2, 0.25) is 0 Å². The van der Waals surface area contributed by atoms with Crippen molar-refractivity contribution in [1.82, 2.24) is 5.32 Å². The molecule has 0 amide bonds. The first kappa shape index (κ1) is 12.8. The quantitative estimate of drug-likeness (QED) is 0.817. The van der Waals surface area contributed by atoms with Crippen molar-refractivity contribution in [2.75, 3.05) is 0 Å². The summed E-state index contributed by atoms with van der Waals surface area (Å²) in [5.41, 5.74) is 1.10. The third kappa shape index (κ3) is 4.02. The predicted molar refractivity (Wildman–Crippen MR) is 67.7 cm³/mol. The van der Waals surface area contributed by atoms with Crippen LogP contribution in [0.5, 0.6) is 0 Å². The maximum Gasteiger partial charge on any atom is 0.0465 e. The highest BCUT2D eigenvalue weighted by Gasteiger charge is 2.05. The van der Waals surface area contributed by atoms with Crippen LogP contribution >= 0.6 is 23.2 Å². The first-order valence-electron chi connectivity index (χ1n) is 5.34. The van der Waals surface area contributed by atoms with Crippen LogP contribution in [0, 0.1) is 0 Å². The predicted octanol–water partition coefficient (Wildman–Crippen LogP) is 4.27. The fourth-order valence-electron chi connectivity index (χ4n) is 1.50. The molecule has 0 fully saturated rings. The third-order valence-electron chi connectivity index (χ3n) is 2.58. The lowest BCUT2D eigenvalue weighted by Gasteiger charge is -2.15. The summed E-state index contributed by atoms with van der Waals surface area (Å²) in [7, 11) is 0. The van der Waals surface area contributed by atoms with Gasteiger partial charge in [0.05, 0.1) is 0 Å². The van der Waals surface area contributed by atoms with Crippen LogP contribution in [-0.4, -0.2) is 6.04 Å². The van der Waals surface area contributed by atoms with Gasteiger partial charge >= 0.3 is 0 Å². The molecule has 0 spiro atoms. The highest BCUT2D eigenvalue weighted by molar-refractivity contribution is 6.35. The van der Waals surface area contributed by atoms with Gasteiger partial charge in [0.25, 0.3) is 0 Å². The van der Waals surface area contributed by atoms with Gasteiger partial charge in [-0.1, -0.05) is 43.1 Å². The molecule has 15 heavy (non-hydrogen) atoms. The Hall–Kier alpha value is -0.240. The molecule has 0 saturated carbocycles. The maximum absolute atomic E-state index is 6.07.